The predicted octanol–water partition coefficient (Wildman–Crippen LogP) is 3.17. The first kappa shape index (κ1) is 18.6. The summed E-state index contributed by atoms with van der Waals surface area (Å²) in [5, 5.41) is 3.93. The Morgan fingerprint density at radius 3 is 2.56 bits per heavy atom. The van der Waals surface area contributed by atoms with Gasteiger partial charge in [0.05, 0.1) is 10.6 Å². The number of thiophene rings is 1. The summed E-state index contributed by atoms with van der Waals surface area (Å²) in [6.07, 6.45) is 4.97. The molecule has 2 aromatic heterocycles. The summed E-state index contributed by atoms with van der Waals surface area (Å²) in [6, 6.07) is 3.41. The minimum absolute atomic E-state index is 0.312. The van der Waals surface area contributed by atoms with Gasteiger partial charge in [0.2, 0.25) is 10.0 Å². The summed E-state index contributed by atoms with van der Waals surface area (Å²) in [4.78, 5) is 3.13. The van der Waals surface area contributed by atoms with Gasteiger partial charge in [-0.25, -0.2) is 13.1 Å². The number of rotatable bonds is 6. The summed E-state index contributed by atoms with van der Waals surface area (Å²) < 4.78 is 33.4. The lowest BCUT2D eigenvalue weighted by Crippen LogP contribution is -2.35. The van der Waals surface area contributed by atoms with Gasteiger partial charge in [-0.15, -0.1) is 11.3 Å². The molecule has 25 heavy (non-hydrogen) atoms. The van der Waals surface area contributed by atoms with Crippen molar-refractivity contribution in [2.24, 2.45) is 0 Å². The van der Waals surface area contributed by atoms with Crippen LogP contribution in [0.3, 0.4) is 0 Å². The van der Waals surface area contributed by atoms with Crippen LogP contribution in [-0.2, 0) is 10.0 Å². The minimum atomic E-state index is -3.48. The van der Waals surface area contributed by atoms with Gasteiger partial charge in [-0.3, -0.25) is 0 Å². The van der Waals surface area contributed by atoms with Crippen LogP contribution in [0.2, 0.25) is 0 Å². The fraction of sp³-hybridized carbons (Fsp3) is 0.588. The van der Waals surface area contributed by atoms with E-state index in [9.17, 15) is 8.42 Å². The number of nitrogens with one attached hydrogen (secondary N) is 1. The molecule has 0 unspecified atom stereocenters. The molecule has 0 amide bonds. The molecule has 1 fully saturated rings. The predicted molar refractivity (Wildman–Crippen MR) is 99.4 cm³/mol. The first-order valence-electron chi connectivity index (χ1n) is 8.72. The zero-order valence-corrected chi connectivity index (χ0v) is 16.4. The second-order valence-corrected chi connectivity index (χ2v) is 9.57. The second kappa shape index (κ2) is 7.99. The Hall–Kier alpha value is -1.22. The van der Waals surface area contributed by atoms with Gasteiger partial charge < -0.3 is 9.42 Å². The highest BCUT2D eigenvalue weighted by Gasteiger charge is 2.20. The van der Waals surface area contributed by atoms with E-state index in [1.54, 1.807) is 12.1 Å². The molecule has 8 heteroatoms. The molecule has 3 rings (SSSR count). The maximum absolute atomic E-state index is 12.5. The van der Waals surface area contributed by atoms with Crippen LogP contribution >= 0.6 is 11.3 Å². The van der Waals surface area contributed by atoms with E-state index in [4.69, 9.17) is 4.52 Å². The number of likely N-dealkylation sites (tertiary alicyclic amines) is 1. The van der Waals surface area contributed by atoms with Crippen LogP contribution in [0.1, 0.15) is 36.9 Å². The van der Waals surface area contributed by atoms with E-state index in [2.05, 4.69) is 14.8 Å². The van der Waals surface area contributed by atoms with Gasteiger partial charge in [0.1, 0.15) is 4.21 Å². The van der Waals surface area contributed by atoms with Crippen molar-refractivity contribution >= 4 is 21.4 Å². The maximum Gasteiger partial charge on any atom is 0.250 e. The molecule has 1 N–H and O–H groups in total. The number of aryl methyl sites for hydroxylation is 1. The van der Waals surface area contributed by atoms with E-state index < -0.39 is 10.0 Å². The number of sulfonamides is 1. The van der Waals surface area contributed by atoms with Crippen molar-refractivity contribution < 1.29 is 12.9 Å². The summed E-state index contributed by atoms with van der Waals surface area (Å²) in [5.74, 6) is 0.647. The van der Waals surface area contributed by atoms with Gasteiger partial charge >= 0.3 is 0 Å². The number of hydrogen-bond donors (Lipinski definition) is 1. The Labute approximate surface area is 153 Å². The van der Waals surface area contributed by atoms with Gasteiger partial charge in [-0.1, -0.05) is 18.0 Å². The van der Waals surface area contributed by atoms with E-state index in [1.165, 1.54) is 37.0 Å². The maximum atomic E-state index is 12.5. The Kier molecular flexibility index (Phi) is 5.93. The Morgan fingerprint density at radius 2 is 1.92 bits per heavy atom. The Morgan fingerprint density at radius 1 is 1.20 bits per heavy atom. The number of aromatic nitrogens is 1. The highest BCUT2D eigenvalue weighted by atomic mass is 32.2. The molecule has 0 radical (unpaired) electrons. The van der Waals surface area contributed by atoms with E-state index in [0.29, 0.717) is 16.5 Å². The lowest BCUT2D eigenvalue weighted by molar-refractivity contribution is 0.290. The molecule has 0 bridgehead atoms. The molecule has 1 aliphatic heterocycles. The van der Waals surface area contributed by atoms with Crippen LogP contribution in [0.4, 0.5) is 0 Å². The monoisotopic (exact) mass is 383 g/mol. The van der Waals surface area contributed by atoms with Gasteiger partial charge in [-0.05, 0) is 51.9 Å². The average molecular weight is 384 g/mol. The van der Waals surface area contributed by atoms with E-state index >= 15 is 0 Å². The largest absolute Gasteiger partial charge is 0.355 e. The molecule has 0 aliphatic carbocycles. The van der Waals surface area contributed by atoms with Crippen LogP contribution in [-0.4, -0.2) is 44.7 Å². The lowest BCUT2D eigenvalue weighted by atomic mass is 10.2. The molecule has 0 atom stereocenters. The van der Waals surface area contributed by atoms with Crippen LogP contribution in [0.15, 0.2) is 20.9 Å². The molecule has 1 aliphatic rings. The normalized spacial score (nSPS) is 16.9. The van der Waals surface area contributed by atoms with E-state index in [0.717, 1.165) is 35.8 Å². The second-order valence-electron chi connectivity index (χ2n) is 6.49. The molecule has 3 heterocycles. The molecule has 6 nitrogen and oxygen atoms in total. The van der Waals surface area contributed by atoms with Crippen molar-refractivity contribution in [3.05, 3.63) is 23.4 Å². The average Bonchev–Trinajstić information content (AvgIpc) is 3.09. The molecular formula is C17H25N3O3S2. The zero-order chi connectivity index (χ0) is 17.9. The standard InChI is InChI=1S/C17H25N3O3S2/c1-13-14(2)19-23-17(13)15-7-8-16(24-15)25(21,22)18-9-12-20-10-5-3-4-6-11-20/h7-8,18H,3-6,9-12H2,1-2H3. The van der Waals surface area contributed by atoms with Crippen molar-refractivity contribution in [1.29, 1.82) is 0 Å². The third kappa shape index (κ3) is 4.49. The first-order chi connectivity index (χ1) is 12.0. The first-order valence-corrected chi connectivity index (χ1v) is 11.0. The molecule has 1 saturated heterocycles. The Bertz CT molecular complexity index is 803. The van der Waals surface area contributed by atoms with Crippen molar-refractivity contribution in [1.82, 2.24) is 14.8 Å². The van der Waals surface area contributed by atoms with E-state index in [-0.39, 0.29) is 0 Å². The number of nitrogens with zero attached hydrogens (tertiary/aromatic N) is 2. The summed E-state index contributed by atoms with van der Waals surface area (Å²) >= 11 is 1.21. The fourth-order valence-electron chi connectivity index (χ4n) is 3.00. The molecule has 2 aromatic rings. The fourth-order valence-corrected chi connectivity index (χ4v) is 5.41. The third-order valence-electron chi connectivity index (χ3n) is 4.65. The van der Waals surface area contributed by atoms with Gasteiger partial charge in [-0.2, -0.15) is 0 Å². The van der Waals surface area contributed by atoms with Crippen LogP contribution < -0.4 is 4.72 Å². The van der Waals surface area contributed by atoms with Crippen molar-refractivity contribution in [2.75, 3.05) is 26.2 Å². The molecule has 138 valence electrons. The van der Waals surface area contributed by atoms with Crippen LogP contribution in [0, 0.1) is 13.8 Å². The lowest BCUT2D eigenvalue weighted by Gasteiger charge is -2.19. The molecule has 0 aromatic carbocycles. The van der Waals surface area contributed by atoms with Crippen molar-refractivity contribution in [3.63, 3.8) is 0 Å². The molecular weight excluding hydrogens is 358 g/mol. The van der Waals surface area contributed by atoms with Crippen molar-refractivity contribution in [2.45, 2.75) is 43.7 Å². The number of hydrogen-bond acceptors (Lipinski definition) is 6. The summed E-state index contributed by atoms with van der Waals surface area (Å²) in [5.41, 5.74) is 1.77. The van der Waals surface area contributed by atoms with E-state index in [1.807, 2.05) is 13.8 Å². The van der Waals surface area contributed by atoms with Crippen LogP contribution in [0.25, 0.3) is 10.6 Å². The van der Waals surface area contributed by atoms with Crippen molar-refractivity contribution in [3.8, 4) is 10.6 Å². The SMILES string of the molecule is Cc1noc(-c2ccc(S(=O)(=O)NCCN3CCCCCC3)s2)c1C. The highest BCUT2D eigenvalue weighted by molar-refractivity contribution is 7.91. The smallest absolute Gasteiger partial charge is 0.250 e. The quantitative estimate of drug-likeness (QED) is 0.829. The van der Waals surface area contributed by atoms with Crippen LogP contribution in [0.5, 0.6) is 0 Å². The van der Waals surface area contributed by atoms with Gasteiger partial charge in [0.25, 0.3) is 0 Å². The van der Waals surface area contributed by atoms with Gasteiger partial charge in [0.15, 0.2) is 5.76 Å². The molecule has 0 saturated carbocycles. The summed E-state index contributed by atoms with van der Waals surface area (Å²) in [6.45, 7) is 7.13. The highest BCUT2D eigenvalue weighted by Crippen LogP contribution is 2.33. The topological polar surface area (TPSA) is 75.4 Å². The summed E-state index contributed by atoms with van der Waals surface area (Å²) in [7, 11) is -3.48. The molecule has 0 spiro atoms. The van der Waals surface area contributed by atoms with Gasteiger partial charge in [0, 0.05) is 18.7 Å². The third-order valence-corrected chi connectivity index (χ3v) is 7.68. The Balaban J connectivity index is 1.61. The zero-order valence-electron chi connectivity index (χ0n) is 14.7. The minimum Gasteiger partial charge on any atom is -0.355 e.